The molecule has 1 unspecified atom stereocenters. The van der Waals surface area contributed by atoms with Gasteiger partial charge in [0.25, 0.3) is 0 Å². The minimum absolute atomic E-state index is 0.310. The minimum atomic E-state index is 0.310. The van der Waals surface area contributed by atoms with E-state index in [0.29, 0.717) is 5.92 Å². The van der Waals surface area contributed by atoms with E-state index in [4.69, 9.17) is 5.41 Å². The lowest BCUT2D eigenvalue weighted by Gasteiger charge is -1.88. The molecule has 1 atom stereocenters. The van der Waals surface area contributed by atoms with Crippen LogP contribution in [0.15, 0.2) is 12.2 Å². The van der Waals surface area contributed by atoms with Gasteiger partial charge in [0.15, 0.2) is 0 Å². The van der Waals surface area contributed by atoms with E-state index in [1.54, 1.807) is 0 Å². The van der Waals surface area contributed by atoms with E-state index in [1.807, 2.05) is 26.0 Å². The Bertz CT molecular complexity index is 74.2. The quantitative estimate of drug-likeness (QED) is 0.401. The van der Waals surface area contributed by atoms with Gasteiger partial charge in [0.2, 0.25) is 0 Å². The van der Waals surface area contributed by atoms with Gasteiger partial charge in [-0.2, -0.15) is 0 Å². The molecular formula is C6H11N. The monoisotopic (exact) mass is 97.1 g/mol. The zero-order valence-corrected chi connectivity index (χ0v) is 4.81. The van der Waals surface area contributed by atoms with Crippen molar-refractivity contribution in [3.8, 4) is 0 Å². The molecule has 0 aromatic rings. The fourth-order valence-corrected chi connectivity index (χ4v) is 0.359. The SMILES string of the molecule is CC=CC(C)C=N. The molecule has 0 rings (SSSR count). The van der Waals surface area contributed by atoms with E-state index in [-0.39, 0.29) is 0 Å². The summed E-state index contributed by atoms with van der Waals surface area (Å²) in [6.45, 7) is 3.94. The molecule has 1 nitrogen and oxygen atoms in total. The normalized spacial score (nSPS) is 14.6. The van der Waals surface area contributed by atoms with Crippen molar-refractivity contribution in [2.75, 3.05) is 0 Å². The third kappa shape index (κ3) is 3.23. The zero-order valence-electron chi connectivity index (χ0n) is 4.81. The lowest BCUT2D eigenvalue weighted by molar-refractivity contribution is 1.01. The number of nitrogens with one attached hydrogen (secondary N) is 1. The van der Waals surface area contributed by atoms with Crippen LogP contribution in [-0.2, 0) is 0 Å². The van der Waals surface area contributed by atoms with Gasteiger partial charge in [-0.05, 0) is 6.92 Å². The molecule has 0 aliphatic heterocycles. The zero-order chi connectivity index (χ0) is 5.70. The molecule has 0 spiro atoms. The Morgan fingerprint density at radius 2 is 2.14 bits per heavy atom. The predicted octanol–water partition coefficient (Wildman–Crippen LogP) is 1.85. The molecule has 0 heterocycles. The summed E-state index contributed by atoms with van der Waals surface area (Å²) in [4.78, 5) is 0. The van der Waals surface area contributed by atoms with Gasteiger partial charge in [0, 0.05) is 12.1 Å². The summed E-state index contributed by atoms with van der Waals surface area (Å²) < 4.78 is 0. The first-order valence-corrected chi connectivity index (χ1v) is 2.44. The highest BCUT2D eigenvalue weighted by atomic mass is 14.3. The van der Waals surface area contributed by atoms with E-state index in [2.05, 4.69) is 0 Å². The first-order chi connectivity index (χ1) is 3.31. The Hall–Kier alpha value is -0.590. The highest BCUT2D eigenvalue weighted by molar-refractivity contribution is 5.58. The number of hydrogen-bond donors (Lipinski definition) is 1. The maximum absolute atomic E-state index is 6.74. The molecule has 0 aliphatic carbocycles. The second-order valence-corrected chi connectivity index (χ2v) is 1.55. The molecule has 1 heteroatoms. The van der Waals surface area contributed by atoms with Crippen LogP contribution in [0.4, 0.5) is 0 Å². The van der Waals surface area contributed by atoms with Gasteiger partial charge in [-0.1, -0.05) is 19.1 Å². The van der Waals surface area contributed by atoms with E-state index >= 15 is 0 Å². The highest BCUT2D eigenvalue weighted by Crippen LogP contribution is 1.88. The van der Waals surface area contributed by atoms with E-state index in [0.717, 1.165) is 0 Å². The van der Waals surface area contributed by atoms with Crippen LogP contribution in [0.3, 0.4) is 0 Å². The van der Waals surface area contributed by atoms with Gasteiger partial charge in [0.05, 0.1) is 0 Å². The molecule has 40 valence electrons. The van der Waals surface area contributed by atoms with Crippen LogP contribution in [0.25, 0.3) is 0 Å². The Morgan fingerprint density at radius 3 is 2.29 bits per heavy atom. The molecule has 0 saturated heterocycles. The van der Waals surface area contributed by atoms with Crippen LogP contribution in [-0.4, -0.2) is 6.21 Å². The Labute approximate surface area is 44.6 Å². The van der Waals surface area contributed by atoms with Gasteiger partial charge in [0.1, 0.15) is 0 Å². The molecule has 0 fully saturated rings. The summed E-state index contributed by atoms with van der Waals surface area (Å²) in [5, 5.41) is 6.74. The second kappa shape index (κ2) is 3.59. The van der Waals surface area contributed by atoms with Gasteiger partial charge in [-0.25, -0.2) is 0 Å². The predicted molar refractivity (Wildman–Crippen MR) is 32.8 cm³/mol. The summed E-state index contributed by atoms with van der Waals surface area (Å²) in [6, 6.07) is 0. The molecular weight excluding hydrogens is 86.1 g/mol. The molecule has 0 amide bonds. The second-order valence-electron chi connectivity index (χ2n) is 1.55. The Kier molecular flexibility index (Phi) is 3.29. The number of rotatable bonds is 2. The maximum Gasteiger partial charge on any atom is 0.00863 e. The average molecular weight is 97.2 g/mol. The summed E-state index contributed by atoms with van der Waals surface area (Å²) in [7, 11) is 0. The Morgan fingerprint density at radius 1 is 1.57 bits per heavy atom. The van der Waals surface area contributed by atoms with Crippen molar-refractivity contribution in [2.24, 2.45) is 5.92 Å². The average Bonchev–Trinajstić information content (AvgIpc) is 1.68. The first-order valence-electron chi connectivity index (χ1n) is 2.44. The van der Waals surface area contributed by atoms with Crippen molar-refractivity contribution in [3.63, 3.8) is 0 Å². The fourth-order valence-electron chi connectivity index (χ4n) is 0.359. The van der Waals surface area contributed by atoms with Crippen molar-refractivity contribution in [2.45, 2.75) is 13.8 Å². The Balaban J connectivity index is 3.35. The van der Waals surface area contributed by atoms with Crippen molar-refractivity contribution in [1.82, 2.24) is 0 Å². The van der Waals surface area contributed by atoms with Gasteiger partial charge >= 0.3 is 0 Å². The minimum Gasteiger partial charge on any atom is -0.313 e. The van der Waals surface area contributed by atoms with Crippen molar-refractivity contribution >= 4 is 6.21 Å². The van der Waals surface area contributed by atoms with Crippen molar-refractivity contribution in [3.05, 3.63) is 12.2 Å². The number of allylic oxidation sites excluding steroid dienone is 2. The van der Waals surface area contributed by atoms with Crippen LogP contribution in [0.1, 0.15) is 13.8 Å². The van der Waals surface area contributed by atoms with Crippen molar-refractivity contribution < 1.29 is 0 Å². The van der Waals surface area contributed by atoms with Gasteiger partial charge in [-0.15, -0.1) is 0 Å². The third-order valence-electron chi connectivity index (χ3n) is 0.759. The molecule has 0 aliphatic rings. The molecule has 0 aromatic carbocycles. The summed E-state index contributed by atoms with van der Waals surface area (Å²) in [6.07, 6.45) is 5.35. The molecule has 0 bridgehead atoms. The lowest BCUT2D eigenvalue weighted by atomic mass is 10.2. The van der Waals surface area contributed by atoms with Crippen LogP contribution < -0.4 is 0 Å². The topological polar surface area (TPSA) is 23.9 Å². The largest absolute Gasteiger partial charge is 0.313 e. The van der Waals surface area contributed by atoms with Crippen LogP contribution in [0, 0.1) is 11.3 Å². The van der Waals surface area contributed by atoms with Crippen LogP contribution in [0.5, 0.6) is 0 Å². The lowest BCUT2D eigenvalue weighted by Crippen LogP contribution is -1.85. The van der Waals surface area contributed by atoms with Gasteiger partial charge in [-0.3, -0.25) is 0 Å². The summed E-state index contributed by atoms with van der Waals surface area (Å²) in [5.41, 5.74) is 0. The van der Waals surface area contributed by atoms with E-state index < -0.39 is 0 Å². The summed E-state index contributed by atoms with van der Waals surface area (Å²) >= 11 is 0. The smallest absolute Gasteiger partial charge is 0.00863 e. The first kappa shape index (κ1) is 6.41. The molecule has 0 saturated carbocycles. The molecule has 1 N–H and O–H groups in total. The standard InChI is InChI=1S/C6H11N/c1-3-4-6(2)5-7/h3-7H,1-2H3. The van der Waals surface area contributed by atoms with Crippen molar-refractivity contribution in [1.29, 1.82) is 5.41 Å². The molecule has 0 aromatic heterocycles. The van der Waals surface area contributed by atoms with E-state index in [1.165, 1.54) is 6.21 Å². The van der Waals surface area contributed by atoms with Crippen LogP contribution >= 0.6 is 0 Å². The number of hydrogen-bond acceptors (Lipinski definition) is 1. The maximum atomic E-state index is 6.74. The third-order valence-corrected chi connectivity index (χ3v) is 0.759. The molecule has 7 heavy (non-hydrogen) atoms. The van der Waals surface area contributed by atoms with Crippen LogP contribution in [0.2, 0.25) is 0 Å². The fraction of sp³-hybridized carbons (Fsp3) is 0.500. The highest BCUT2D eigenvalue weighted by Gasteiger charge is 1.82. The molecule has 0 radical (unpaired) electrons. The van der Waals surface area contributed by atoms with E-state index in [9.17, 15) is 0 Å². The summed E-state index contributed by atoms with van der Waals surface area (Å²) in [5.74, 6) is 0.310. The van der Waals surface area contributed by atoms with Gasteiger partial charge < -0.3 is 5.41 Å².